The minimum Gasteiger partial charge on any atom is -0.367 e. The molecule has 1 fully saturated rings. The van der Waals surface area contributed by atoms with E-state index in [0.717, 1.165) is 12.7 Å². The zero-order valence-corrected chi connectivity index (χ0v) is 7.63. The molecule has 2 rings (SSSR count). The summed E-state index contributed by atoms with van der Waals surface area (Å²) in [6.07, 6.45) is 3.51. The van der Waals surface area contributed by atoms with E-state index in [0.29, 0.717) is 5.92 Å². The SMILES string of the molecule is NNc1ncc(F)c(NCC2CC2)n1. The fourth-order valence-corrected chi connectivity index (χ4v) is 1.12. The molecule has 4 N–H and O–H groups in total. The minimum absolute atomic E-state index is 0.208. The largest absolute Gasteiger partial charge is 0.367 e. The molecule has 1 aliphatic carbocycles. The molecule has 0 spiro atoms. The fourth-order valence-electron chi connectivity index (χ4n) is 1.12. The molecule has 1 heterocycles. The third kappa shape index (κ3) is 2.08. The fraction of sp³-hybridized carbons (Fsp3) is 0.500. The number of anilines is 2. The molecule has 0 saturated heterocycles. The average molecular weight is 197 g/mol. The molecule has 5 nitrogen and oxygen atoms in total. The Morgan fingerprint density at radius 1 is 1.57 bits per heavy atom. The zero-order chi connectivity index (χ0) is 9.97. The van der Waals surface area contributed by atoms with E-state index >= 15 is 0 Å². The van der Waals surface area contributed by atoms with Crippen LogP contribution in [0.15, 0.2) is 6.20 Å². The van der Waals surface area contributed by atoms with Gasteiger partial charge in [-0.05, 0) is 18.8 Å². The van der Waals surface area contributed by atoms with Crippen LogP contribution in [0.4, 0.5) is 16.2 Å². The highest BCUT2D eigenvalue weighted by Crippen LogP contribution is 2.28. The maximum Gasteiger partial charge on any atom is 0.239 e. The van der Waals surface area contributed by atoms with Gasteiger partial charge in [0.05, 0.1) is 6.20 Å². The molecule has 0 bridgehead atoms. The first kappa shape index (κ1) is 9.14. The molecule has 1 saturated carbocycles. The Kier molecular flexibility index (Phi) is 2.45. The lowest BCUT2D eigenvalue weighted by molar-refractivity contribution is 0.616. The van der Waals surface area contributed by atoms with Crippen LogP contribution in [0, 0.1) is 11.7 Å². The van der Waals surface area contributed by atoms with Gasteiger partial charge < -0.3 is 5.32 Å². The van der Waals surface area contributed by atoms with Gasteiger partial charge in [0.25, 0.3) is 0 Å². The van der Waals surface area contributed by atoms with E-state index in [1.807, 2.05) is 0 Å². The van der Waals surface area contributed by atoms with Crippen LogP contribution in [-0.4, -0.2) is 16.5 Å². The highest BCUT2D eigenvalue weighted by Gasteiger charge is 2.21. The quantitative estimate of drug-likeness (QED) is 0.490. The molecule has 0 unspecified atom stereocenters. The lowest BCUT2D eigenvalue weighted by Crippen LogP contribution is -2.13. The number of rotatable bonds is 4. The van der Waals surface area contributed by atoms with Crippen molar-refractivity contribution in [1.82, 2.24) is 9.97 Å². The van der Waals surface area contributed by atoms with Crippen LogP contribution in [0.2, 0.25) is 0 Å². The van der Waals surface area contributed by atoms with Crippen molar-refractivity contribution in [3.63, 3.8) is 0 Å². The van der Waals surface area contributed by atoms with Gasteiger partial charge in [-0.1, -0.05) is 0 Å². The van der Waals surface area contributed by atoms with Crippen LogP contribution in [0.1, 0.15) is 12.8 Å². The molecule has 1 aromatic rings. The molecule has 0 radical (unpaired) electrons. The van der Waals surface area contributed by atoms with Crippen molar-refractivity contribution < 1.29 is 4.39 Å². The Morgan fingerprint density at radius 3 is 3.00 bits per heavy atom. The summed E-state index contributed by atoms with van der Waals surface area (Å²) in [6, 6.07) is 0. The van der Waals surface area contributed by atoms with Crippen LogP contribution >= 0.6 is 0 Å². The van der Waals surface area contributed by atoms with Crippen LogP contribution in [0.25, 0.3) is 0 Å². The smallest absolute Gasteiger partial charge is 0.239 e. The predicted octanol–water partition coefficient (Wildman–Crippen LogP) is 0.723. The summed E-state index contributed by atoms with van der Waals surface area (Å²) < 4.78 is 13.1. The lowest BCUT2D eigenvalue weighted by atomic mass is 10.4. The Morgan fingerprint density at radius 2 is 2.36 bits per heavy atom. The third-order valence-corrected chi connectivity index (χ3v) is 2.13. The molecular formula is C8H12FN5. The second-order valence-electron chi connectivity index (χ2n) is 3.36. The van der Waals surface area contributed by atoms with E-state index in [1.165, 1.54) is 12.8 Å². The van der Waals surface area contributed by atoms with E-state index in [1.54, 1.807) is 0 Å². The monoisotopic (exact) mass is 197 g/mol. The molecule has 14 heavy (non-hydrogen) atoms. The van der Waals surface area contributed by atoms with Crippen molar-refractivity contribution in [2.24, 2.45) is 11.8 Å². The maximum absolute atomic E-state index is 13.1. The number of hydrazine groups is 1. The van der Waals surface area contributed by atoms with Crippen LogP contribution in [0.5, 0.6) is 0 Å². The van der Waals surface area contributed by atoms with Gasteiger partial charge in [0.15, 0.2) is 11.6 Å². The molecule has 6 heteroatoms. The van der Waals surface area contributed by atoms with Crippen molar-refractivity contribution in [2.75, 3.05) is 17.3 Å². The molecule has 0 amide bonds. The number of nitrogen functional groups attached to an aromatic ring is 1. The number of nitrogens with zero attached hydrogens (tertiary/aromatic N) is 2. The van der Waals surface area contributed by atoms with Crippen molar-refractivity contribution in [2.45, 2.75) is 12.8 Å². The van der Waals surface area contributed by atoms with Gasteiger partial charge in [-0.25, -0.2) is 15.2 Å². The van der Waals surface area contributed by atoms with Crippen molar-refractivity contribution in [3.05, 3.63) is 12.0 Å². The van der Waals surface area contributed by atoms with E-state index in [-0.39, 0.29) is 11.8 Å². The van der Waals surface area contributed by atoms with Gasteiger partial charge in [0.2, 0.25) is 5.95 Å². The Hall–Kier alpha value is -1.43. The normalized spacial score (nSPS) is 15.3. The number of hydrogen-bond donors (Lipinski definition) is 3. The summed E-state index contributed by atoms with van der Waals surface area (Å²) in [5, 5.41) is 2.93. The van der Waals surface area contributed by atoms with Crippen LogP contribution < -0.4 is 16.6 Å². The second-order valence-corrected chi connectivity index (χ2v) is 3.36. The molecule has 1 aromatic heterocycles. The third-order valence-electron chi connectivity index (χ3n) is 2.13. The maximum atomic E-state index is 13.1. The van der Waals surface area contributed by atoms with Crippen LogP contribution in [0.3, 0.4) is 0 Å². The molecule has 76 valence electrons. The van der Waals surface area contributed by atoms with E-state index in [4.69, 9.17) is 5.84 Å². The van der Waals surface area contributed by atoms with Gasteiger partial charge in [0.1, 0.15) is 0 Å². The minimum atomic E-state index is -0.454. The Labute approximate surface area is 80.9 Å². The molecule has 0 aromatic carbocycles. The van der Waals surface area contributed by atoms with E-state index in [9.17, 15) is 4.39 Å². The zero-order valence-electron chi connectivity index (χ0n) is 7.63. The van der Waals surface area contributed by atoms with Crippen molar-refractivity contribution >= 4 is 11.8 Å². The molecule has 0 atom stereocenters. The predicted molar refractivity (Wildman–Crippen MR) is 51.0 cm³/mol. The van der Waals surface area contributed by atoms with Gasteiger partial charge >= 0.3 is 0 Å². The van der Waals surface area contributed by atoms with Gasteiger partial charge in [-0.3, -0.25) is 5.43 Å². The van der Waals surface area contributed by atoms with Crippen molar-refractivity contribution in [1.29, 1.82) is 0 Å². The average Bonchev–Trinajstić information content (AvgIpc) is 3.00. The van der Waals surface area contributed by atoms with E-state index < -0.39 is 5.82 Å². The van der Waals surface area contributed by atoms with E-state index in [2.05, 4.69) is 20.7 Å². The number of aromatic nitrogens is 2. The molecule has 0 aliphatic heterocycles. The number of nitrogens with two attached hydrogens (primary N) is 1. The number of hydrogen-bond acceptors (Lipinski definition) is 5. The first-order valence-corrected chi connectivity index (χ1v) is 4.52. The summed E-state index contributed by atoms with van der Waals surface area (Å²) in [7, 11) is 0. The topological polar surface area (TPSA) is 75.9 Å². The Bertz CT molecular complexity index is 326. The Balaban J connectivity index is 2.04. The summed E-state index contributed by atoms with van der Waals surface area (Å²) >= 11 is 0. The lowest BCUT2D eigenvalue weighted by Gasteiger charge is -2.06. The summed E-state index contributed by atoms with van der Waals surface area (Å²) in [5.74, 6) is 5.74. The van der Waals surface area contributed by atoms with Crippen molar-refractivity contribution in [3.8, 4) is 0 Å². The summed E-state index contributed by atoms with van der Waals surface area (Å²) in [5.41, 5.74) is 2.27. The first-order chi connectivity index (χ1) is 6.79. The first-order valence-electron chi connectivity index (χ1n) is 4.52. The highest BCUT2D eigenvalue weighted by molar-refractivity contribution is 5.40. The highest BCUT2D eigenvalue weighted by atomic mass is 19.1. The summed E-state index contributed by atoms with van der Waals surface area (Å²) in [4.78, 5) is 7.50. The standard InChI is InChI=1S/C8H12FN5/c9-6-4-12-8(14-10)13-7(6)11-3-5-1-2-5/h4-5H,1-3,10H2,(H2,11,12,13,14). The van der Waals surface area contributed by atoms with Gasteiger partial charge in [0, 0.05) is 6.54 Å². The van der Waals surface area contributed by atoms with Gasteiger partial charge in [-0.15, -0.1) is 0 Å². The van der Waals surface area contributed by atoms with Gasteiger partial charge in [-0.2, -0.15) is 4.98 Å². The number of halogens is 1. The van der Waals surface area contributed by atoms with Crippen LogP contribution in [-0.2, 0) is 0 Å². The molecular weight excluding hydrogens is 185 g/mol. The summed E-state index contributed by atoms with van der Waals surface area (Å²) in [6.45, 7) is 0.762. The molecule has 1 aliphatic rings. The number of nitrogens with one attached hydrogen (secondary N) is 2. The second kappa shape index (κ2) is 3.75.